The molecule has 1 amide bonds. The molecule has 2 aliphatic rings. The Morgan fingerprint density at radius 3 is 2.23 bits per heavy atom. The third kappa shape index (κ3) is 7.50. The van der Waals surface area contributed by atoms with Crippen LogP contribution in [0.5, 0.6) is 0 Å². The summed E-state index contributed by atoms with van der Waals surface area (Å²) in [7, 11) is -7.01. The van der Waals surface area contributed by atoms with E-state index < -0.39 is 48.7 Å². The van der Waals surface area contributed by atoms with Crippen LogP contribution in [0.25, 0.3) is 21.9 Å². The maximum Gasteiger partial charge on any atom is 0.511 e. The van der Waals surface area contributed by atoms with Gasteiger partial charge in [-0.1, -0.05) is 0 Å². The molecule has 1 saturated carbocycles. The van der Waals surface area contributed by atoms with E-state index in [1.807, 2.05) is 0 Å². The molecule has 3 aromatic heterocycles. The SMILES string of the molecule is O=S(=O)(Cl)C(F)(F)F.[C-]#[N+]CC1(n2cc(-c3nccc4nc(NC(=O)C5CC5)nn34)cn2)CN(S(=O)(=O)C(F)(F)F)C1.[CH3-].[W]. The van der Waals surface area contributed by atoms with Gasteiger partial charge < -0.3 is 12.3 Å². The van der Waals surface area contributed by atoms with Crippen molar-refractivity contribution in [2.24, 2.45) is 5.92 Å². The van der Waals surface area contributed by atoms with Crippen LogP contribution in [0.3, 0.4) is 0 Å². The number of halogens is 7. The summed E-state index contributed by atoms with van der Waals surface area (Å²) in [6.45, 7) is 5.83. The molecular formula is C20H19ClF6N9O5S2W-. The first-order valence-electron chi connectivity index (χ1n) is 11.3. The number of aromatic nitrogens is 6. The molecule has 3 aromatic rings. The predicted molar refractivity (Wildman–Crippen MR) is 137 cm³/mol. The molecule has 0 spiro atoms. The number of hydrogen-bond acceptors (Lipinski definition) is 9. The normalized spacial score (nSPS) is 16.8. The van der Waals surface area contributed by atoms with Gasteiger partial charge in [0.25, 0.3) is 0 Å². The average Bonchev–Trinajstić information content (AvgIpc) is 3.43. The Balaban J connectivity index is 0.000000599. The van der Waals surface area contributed by atoms with Crippen molar-refractivity contribution in [1.29, 1.82) is 0 Å². The number of anilines is 1. The van der Waals surface area contributed by atoms with Gasteiger partial charge in [-0.2, -0.15) is 45.2 Å². The number of nitrogens with zero attached hydrogens (tertiary/aromatic N) is 8. The third-order valence-corrected chi connectivity index (χ3v) is 8.59. The Bertz CT molecular complexity index is 1780. The number of fused-ring (bicyclic) bond motifs is 1. The molecule has 1 saturated heterocycles. The maximum atomic E-state index is 12.9. The van der Waals surface area contributed by atoms with E-state index in [-0.39, 0.29) is 57.1 Å². The Morgan fingerprint density at radius 2 is 1.73 bits per heavy atom. The van der Waals surface area contributed by atoms with Crippen LogP contribution in [0.1, 0.15) is 12.8 Å². The van der Waals surface area contributed by atoms with Crippen LogP contribution in [-0.4, -0.2) is 87.1 Å². The second-order valence-corrected chi connectivity index (χ2v) is 13.5. The molecule has 4 heterocycles. The van der Waals surface area contributed by atoms with E-state index in [1.54, 1.807) is 6.07 Å². The van der Waals surface area contributed by atoms with Crippen LogP contribution in [0, 0.1) is 19.9 Å². The van der Waals surface area contributed by atoms with Gasteiger partial charge in [0.15, 0.2) is 17.0 Å². The van der Waals surface area contributed by atoms with Crippen molar-refractivity contribution < 1.29 is 69.0 Å². The van der Waals surface area contributed by atoms with Crippen molar-refractivity contribution in [1.82, 2.24) is 33.7 Å². The van der Waals surface area contributed by atoms with E-state index in [1.165, 1.54) is 27.8 Å². The summed E-state index contributed by atoms with van der Waals surface area (Å²) >= 11 is 0. The Kier molecular flexibility index (Phi) is 10.9. The number of amides is 1. The summed E-state index contributed by atoms with van der Waals surface area (Å²) < 4.78 is 116. The van der Waals surface area contributed by atoms with Crippen molar-refractivity contribution >= 4 is 47.3 Å². The van der Waals surface area contributed by atoms with E-state index in [9.17, 15) is 48.0 Å². The standard InChI is InChI=1S/C18H16F3N9O3S.CClF3O2S.CH3.W/c1-22-8-17(9-28(10-17)34(32,33)18(19,20)21)29-7-12(6-24-29)14-23-5-4-13-25-16(27-30(13)14)26-15(31)11-2-3-11;2-8(6,7)1(3,4)5;;/h4-7,11H,2-3,8-10H2,(H,26,27,31);;1H3;/q;;-1;. The molecule has 0 unspecified atom stereocenters. The number of hydrogen-bond donors (Lipinski definition) is 1. The van der Waals surface area contributed by atoms with Crippen molar-refractivity contribution in [2.75, 3.05) is 25.0 Å². The molecule has 44 heavy (non-hydrogen) atoms. The van der Waals surface area contributed by atoms with Gasteiger partial charge >= 0.3 is 30.1 Å². The molecule has 0 bridgehead atoms. The topological polar surface area (TPSA) is 166 Å². The molecule has 0 aromatic carbocycles. The van der Waals surface area contributed by atoms with E-state index in [0.29, 0.717) is 17.0 Å². The fraction of sp³-hybridized carbons (Fsp3) is 0.450. The fourth-order valence-corrected chi connectivity index (χ4v) is 4.83. The van der Waals surface area contributed by atoms with Crippen LogP contribution in [0.4, 0.5) is 32.3 Å². The van der Waals surface area contributed by atoms with Gasteiger partial charge in [0.1, 0.15) is 0 Å². The number of carbonyl (C=O) groups is 1. The van der Waals surface area contributed by atoms with E-state index in [4.69, 9.17) is 6.57 Å². The first-order valence-corrected chi connectivity index (χ1v) is 15.0. The third-order valence-electron chi connectivity index (χ3n) is 5.99. The van der Waals surface area contributed by atoms with Crippen LogP contribution >= 0.6 is 10.7 Å². The predicted octanol–water partition coefficient (Wildman–Crippen LogP) is 2.64. The van der Waals surface area contributed by atoms with Crippen molar-refractivity contribution in [3.8, 4) is 11.4 Å². The van der Waals surface area contributed by atoms with Crippen LogP contribution in [0.2, 0.25) is 0 Å². The second kappa shape index (κ2) is 12.9. The van der Waals surface area contributed by atoms with Gasteiger partial charge in [0.2, 0.25) is 18.4 Å². The number of alkyl halides is 6. The van der Waals surface area contributed by atoms with E-state index in [0.717, 1.165) is 12.8 Å². The first-order chi connectivity index (χ1) is 19.3. The van der Waals surface area contributed by atoms with Gasteiger partial charge in [0.05, 0.1) is 11.8 Å². The Hall–Kier alpha value is -2.86. The molecular weight excluding hydrogens is 844 g/mol. The number of carbonyl (C=O) groups excluding carboxylic acids is 1. The minimum absolute atomic E-state index is 0. The largest absolute Gasteiger partial charge is 0.511 e. The quantitative estimate of drug-likeness (QED) is 0.223. The van der Waals surface area contributed by atoms with Gasteiger partial charge in [-0.3, -0.25) is 14.8 Å². The monoisotopic (exact) mass is 862 g/mol. The average molecular weight is 863 g/mol. The molecule has 0 atom stereocenters. The minimum atomic E-state index is -5.50. The molecule has 242 valence electrons. The van der Waals surface area contributed by atoms with Gasteiger partial charge in [0, 0.05) is 69.2 Å². The van der Waals surface area contributed by atoms with E-state index in [2.05, 4.69) is 41.0 Å². The molecule has 1 aliphatic heterocycles. The second-order valence-electron chi connectivity index (χ2n) is 9.05. The van der Waals surface area contributed by atoms with Gasteiger partial charge in [-0.15, -0.1) is 5.10 Å². The minimum Gasteiger partial charge on any atom is -0.358 e. The maximum absolute atomic E-state index is 12.9. The van der Waals surface area contributed by atoms with E-state index >= 15 is 0 Å². The number of rotatable bonds is 6. The number of sulfonamides is 1. The molecule has 1 N–H and O–H groups in total. The van der Waals surface area contributed by atoms with Crippen LogP contribution < -0.4 is 5.32 Å². The molecule has 2 fully saturated rings. The Morgan fingerprint density at radius 1 is 1.14 bits per heavy atom. The molecule has 0 radical (unpaired) electrons. The molecule has 14 nitrogen and oxygen atoms in total. The van der Waals surface area contributed by atoms with Gasteiger partial charge in [-0.05, 0) is 12.8 Å². The fourth-order valence-electron chi connectivity index (χ4n) is 3.71. The smallest absolute Gasteiger partial charge is 0.358 e. The van der Waals surface area contributed by atoms with Crippen molar-refractivity contribution in [3.63, 3.8) is 0 Å². The summed E-state index contributed by atoms with van der Waals surface area (Å²) in [4.78, 5) is 23.8. The zero-order valence-corrected chi connectivity index (χ0v) is 27.2. The summed E-state index contributed by atoms with van der Waals surface area (Å²) in [6, 6.07) is 1.58. The molecule has 5 rings (SSSR count). The zero-order chi connectivity index (χ0) is 31.3. The summed E-state index contributed by atoms with van der Waals surface area (Å²) in [5, 5.41) is 11.1. The molecule has 24 heteroatoms. The van der Waals surface area contributed by atoms with Gasteiger partial charge in [-0.25, -0.2) is 28.4 Å². The molecule has 1 aliphatic carbocycles. The summed E-state index contributed by atoms with van der Waals surface area (Å²) in [6.07, 6.45) is 5.96. The Labute approximate surface area is 264 Å². The first kappa shape index (κ1) is 37.3. The van der Waals surface area contributed by atoms with Crippen molar-refractivity contribution in [3.05, 3.63) is 43.5 Å². The van der Waals surface area contributed by atoms with Crippen LogP contribution in [-0.2, 0) is 50.5 Å². The summed E-state index contributed by atoms with van der Waals surface area (Å²) in [5.74, 6) is 0.196. The summed E-state index contributed by atoms with van der Waals surface area (Å²) in [5.41, 5.74) is -11.2. The zero-order valence-electron chi connectivity index (χ0n) is 21.9. The van der Waals surface area contributed by atoms with Crippen LogP contribution in [0.15, 0.2) is 24.7 Å². The number of nitrogens with one attached hydrogen (secondary N) is 1. The van der Waals surface area contributed by atoms with Crippen molar-refractivity contribution in [2.45, 2.75) is 29.4 Å².